The highest BCUT2D eigenvalue weighted by atomic mass is 35.5. The second kappa shape index (κ2) is 7.27. The van der Waals surface area contributed by atoms with Gasteiger partial charge in [0, 0.05) is 23.8 Å². The van der Waals surface area contributed by atoms with E-state index >= 15 is 0 Å². The number of anilines is 2. The molecule has 106 valence electrons. The lowest BCUT2D eigenvalue weighted by Crippen LogP contribution is -2.13. The standard InChI is InChI=1S/C15H16Cl2N2O/c1-20-13-5-3-12(4-6-13)18-8-9-19-15-7-2-11(16)10-14(15)17/h2-7,10,18-19H,8-9H2,1H3. The molecule has 3 nitrogen and oxygen atoms in total. The molecule has 20 heavy (non-hydrogen) atoms. The molecular formula is C15H16Cl2N2O. The van der Waals surface area contributed by atoms with E-state index in [0.717, 1.165) is 30.2 Å². The molecule has 0 radical (unpaired) electrons. The Morgan fingerprint density at radius 1 is 0.950 bits per heavy atom. The second-order valence-corrected chi connectivity index (χ2v) is 5.05. The first-order valence-corrected chi connectivity index (χ1v) is 7.01. The van der Waals surface area contributed by atoms with Crippen LogP contribution in [0.15, 0.2) is 42.5 Å². The van der Waals surface area contributed by atoms with Gasteiger partial charge in [0.15, 0.2) is 0 Å². The molecule has 0 amide bonds. The van der Waals surface area contributed by atoms with E-state index in [1.54, 1.807) is 13.2 Å². The number of hydrogen-bond acceptors (Lipinski definition) is 3. The van der Waals surface area contributed by atoms with Crippen LogP contribution in [0.1, 0.15) is 0 Å². The van der Waals surface area contributed by atoms with Crippen molar-refractivity contribution in [2.75, 3.05) is 30.8 Å². The minimum atomic E-state index is 0.627. The molecule has 0 aliphatic carbocycles. The molecule has 0 fully saturated rings. The lowest BCUT2D eigenvalue weighted by Gasteiger charge is -2.10. The number of nitrogens with one attached hydrogen (secondary N) is 2. The van der Waals surface area contributed by atoms with Crippen molar-refractivity contribution in [3.05, 3.63) is 52.5 Å². The third-order valence-electron chi connectivity index (χ3n) is 2.79. The van der Waals surface area contributed by atoms with Gasteiger partial charge < -0.3 is 15.4 Å². The van der Waals surface area contributed by atoms with Crippen LogP contribution in [0.5, 0.6) is 5.75 Å². The maximum Gasteiger partial charge on any atom is 0.119 e. The van der Waals surface area contributed by atoms with Crippen molar-refractivity contribution in [3.63, 3.8) is 0 Å². The van der Waals surface area contributed by atoms with Crippen LogP contribution in [-0.2, 0) is 0 Å². The number of methoxy groups -OCH3 is 1. The van der Waals surface area contributed by atoms with E-state index < -0.39 is 0 Å². The van der Waals surface area contributed by atoms with Gasteiger partial charge in [0.2, 0.25) is 0 Å². The van der Waals surface area contributed by atoms with Gasteiger partial charge in [0.05, 0.1) is 17.8 Å². The fraction of sp³-hybridized carbons (Fsp3) is 0.200. The predicted molar refractivity (Wildman–Crippen MR) is 86.4 cm³/mol. The molecule has 5 heteroatoms. The molecule has 0 heterocycles. The molecular weight excluding hydrogens is 295 g/mol. The molecule has 2 aromatic rings. The van der Waals surface area contributed by atoms with Gasteiger partial charge in [0.1, 0.15) is 5.75 Å². The first-order valence-electron chi connectivity index (χ1n) is 6.26. The molecule has 0 aliphatic rings. The molecule has 0 spiro atoms. The average Bonchev–Trinajstić information content (AvgIpc) is 2.46. The minimum absolute atomic E-state index is 0.627. The lowest BCUT2D eigenvalue weighted by molar-refractivity contribution is 0.415. The van der Waals surface area contributed by atoms with Crippen molar-refractivity contribution in [1.82, 2.24) is 0 Å². The van der Waals surface area contributed by atoms with E-state index in [1.807, 2.05) is 36.4 Å². The third kappa shape index (κ3) is 4.22. The Bertz CT molecular complexity index is 558. The Labute approximate surface area is 128 Å². The van der Waals surface area contributed by atoms with Gasteiger partial charge >= 0.3 is 0 Å². The first-order chi connectivity index (χ1) is 9.69. The Hall–Kier alpha value is -1.58. The van der Waals surface area contributed by atoms with Crippen LogP contribution < -0.4 is 15.4 Å². The smallest absolute Gasteiger partial charge is 0.119 e. The van der Waals surface area contributed by atoms with E-state index in [2.05, 4.69) is 10.6 Å². The molecule has 2 aromatic carbocycles. The van der Waals surface area contributed by atoms with Crippen LogP contribution in [0.2, 0.25) is 10.0 Å². The summed E-state index contributed by atoms with van der Waals surface area (Å²) in [4.78, 5) is 0. The number of hydrogen-bond donors (Lipinski definition) is 2. The summed E-state index contributed by atoms with van der Waals surface area (Å²) in [5, 5.41) is 7.83. The second-order valence-electron chi connectivity index (χ2n) is 4.21. The molecule has 0 bridgehead atoms. The Morgan fingerprint density at radius 2 is 1.65 bits per heavy atom. The summed E-state index contributed by atoms with van der Waals surface area (Å²) in [6.45, 7) is 1.54. The highest BCUT2D eigenvalue weighted by Crippen LogP contribution is 2.25. The number of benzene rings is 2. The SMILES string of the molecule is COc1ccc(NCCNc2ccc(Cl)cc2Cl)cc1. The molecule has 0 aromatic heterocycles. The first kappa shape index (κ1) is 14.8. The number of rotatable bonds is 6. The van der Waals surface area contributed by atoms with Crippen molar-refractivity contribution in [2.45, 2.75) is 0 Å². The van der Waals surface area contributed by atoms with Crippen molar-refractivity contribution >= 4 is 34.6 Å². The molecule has 2 N–H and O–H groups in total. The highest BCUT2D eigenvalue weighted by molar-refractivity contribution is 6.36. The molecule has 0 unspecified atom stereocenters. The Kier molecular flexibility index (Phi) is 5.39. The summed E-state index contributed by atoms with van der Waals surface area (Å²) in [5.74, 6) is 0.849. The largest absolute Gasteiger partial charge is 0.497 e. The topological polar surface area (TPSA) is 33.3 Å². The predicted octanol–water partition coefficient (Wildman–Crippen LogP) is 4.53. The van der Waals surface area contributed by atoms with Crippen molar-refractivity contribution in [3.8, 4) is 5.75 Å². The number of ether oxygens (including phenoxy) is 1. The van der Waals surface area contributed by atoms with Gasteiger partial charge in [-0.25, -0.2) is 0 Å². The van der Waals surface area contributed by atoms with E-state index in [4.69, 9.17) is 27.9 Å². The summed E-state index contributed by atoms with van der Waals surface area (Å²) >= 11 is 11.9. The maximum atomic E-state index is 6.08. The van der Waals surface area contributed by atoms with E-state index in [9.17, 15) is 0 Å². The number of halogens is 2. The van der Waals surface area contributed by atoms with Crippen LogP contribution in [0.3, 0.4) is 0 Å². The van der Waals surface area contributed by atoms with E-state index in [-0.39, 0.29) is 0 Å². The molecule has 0 saturated heterocycles. The zero-order chi connectivity index (χ0) is 14.4. The van der Waals surface area contributed by atoms with Crippen LogP contribution in [-0.4, -0.2) is 20.2 Å². The maximum absolute atomic E-state index is 6.08. The van der Waals surface area contributed by atoms with Gasteiger partial charge in [-0.15, -0.1) is 0 Å². The summed E-state index contributed by atoms with van der Waals surface area (Å²) in [6.07, 6.45) is 0. The van der Waals surface area contributed by atoms with Crippen molar-refractivity contribution < 1.29 is 4.74 Å². The van der Waals surface area contributed by atoms with Crippen LogP contribution in [0.4, 0.5) is 11.4 Å². The normalized spacial score (nSPS) is 10.2. The van der Waals surface area contributed by atoms with Gasteiger partial charge in [0.25, 0.3) is 0 Å². The summed E-state index contributed by atoms with van der Waals surface area (Å²) in [6, 6.07) is 13.2. The fourth-order valence-corrected chi connectivity index (χ4v) is 2.22. The average molecular weight is 311 g/mol. The quantitative estimate of drug-likeness (QED) is 0.769. The van der Waals surface area contributed by atoms with Crippen molar-refractivity contribution in [2.24, 2.45) is 0 Å². The minimum Gasteiger partial charge on any atom is -0.497 e. The van der Waals surface area contributed by atoms with Crippen LogP contribution in [0, 0.1) is 0 Å². The zero-order valence-corrected chi connectivity index (χ0v) is 12.6. The zero-order valence-electron chi connectivity index (χ0n) is 11.1. The van der Waals surface area contributed by atoms with Gasteiger partial charge in [-0.05, 0) is 42.5 Å². The molecule has 0 atom stereocenters. The fourth-order valence-electron chi connectivity index (χ4n) is 1.75. The van der Waals surface area contributed by atoms with Gasteiger partial charge in [-0.3, -0.25) is 0 Å². The Balaban J connectivity index is 1.78. The van der Waals surface area contributed by atoms with Crippen LogP contribution >= 0.6 is 23.2 Å². The molecule has 2 rings (SSSR count). The molecule has 0 aliphatic heterocycles. The summed E-state index contributed by atoms with van der Waals surface area (Å²) < 4.78 is 5.11. The van der Waals surface area contributed by atoms with Gasteiger partial charge in [-0.2, -0.15) is 0 Å². The van der Waals surface area contributed by atoms with Crippen molar-refractivity contribution in [1.29, 1.82) is 0 Å². The summed E-state index contributed by atoms with van der Waals surface area (Å²) in [7, 11) is 1.65. The lowest BCUT2D eigenvalue weighted by atomic mass is 10.3. The van der Waals surface area contributed by atoms with Gasteiger partial charge in [-0.1, -0.05) is 23.2 Å². The Morgan fingerprint density at radius 3 is 2.30 bits per heavy atom. The summed E-state index contributed by atoms with van der Waals surface area (Å²) in [5.41, 5.74) is 1.93. The van der Waals surface area contributed by atoms with Crippen LogP contribution in [0.25, 0.3) is 0 Å². The van der Waals surface area contributed by atoms with E-state index in [1.165, 1.54) is 0 Å². The van der Waals surface area contributed by atoms with E-state index in [0.29, 0.717) is 10.0 Å². The monoisotopic (exact) mass is 310 g/mol. The molecule has 0 saturated carbocycles. The highest BCUT2D eigenvalue weighted by Gasteiger charge is 2.00. The third-order valence-corrected chi connectivity index (χ3v) is 3.34.